The van der Waals surface area contributed by atoms with Gasteiger partial charge in [-0.2, -0.15) is 0 Å². The predicted molar refractivity (Wildman–Crippen MR) is 51.8 cm³/mol. The molecule has 0 bridgehead atoms. The molecule has 0 spiro atoms. The van der Waals surface area contributed by atoms with Crippen LogP contribution in [-0.4, -0.2) is 59.5 Å². The first kappa shape index (κ1) is 16.7. The summed E-state index contributed by atoms with van der Waals surface area (Å²) < 4.78 is 0. The lowest BCUT2D eigenvalue weighted by atomic mass is 10.8. The van der Waals surface area contributed by atoms with Gasteiger partial charge in [-0.3, -0.25) is 14.5 Å². The summed E-state index contributed by atoms with van der Waals surface area (Å²) in [6, 6.07) is 0. The van der Waals surface area contributed by atoms with E-state index in [2.05, 4.69) is 0 Å². The third kappa shape index (κ3) is 19.6. The monoisotopic (exact) mass is 225 g/mol. The number of hydroxylamine groups is 2. The topological polar surface area (TPSA) is 99.5 Å². The maximum atomic E-state index is 9.00. The van der Waals surface area contributed by atoms with Crippen LogP contribution in [0.2, 0.25) is 0 Å². The van der Waals surface area contributed by atoms with Crippen LogP contribution in [0.4, 0.5) is 0 Å². The van der Waals surface area contributed by atoms with Gasteiger partial charge in [0.15, 0.2) is 0 Å². The van der Waals surface area contributed by atoms with Crippen molar-refractivity contribution >= 4 is 5.97 Å². The van der Waals surface area contributed by atoms with Crippen molar-refractivity contribution < 1.29 is 29.8 Å². The van der Waals surface area contributed by atoms with Gasteiger partial charge in [0.05, 0.1) is 26.4 Å². The zero-order valence-electron chi connectivity index (χ0n) is 9.05. The number of carbonyl (C=O) groups is 1. The van der Waals surface area contributed by atoms with Gasteiger partial charge in [0, 0.05) is 13.5 Å². The summed E-state index contributed by atoms with van der Waals surface area (Å²) in [5, 5.41) is 25.4. The zero-order chi connectivity index (χ0) is 12.1. The summed E-state index contributed by atoms with van der Waals surface area (Å²) in [5.41, 5.74) is 0. The molecule has 15 heavy (non-hydrogen) atoms. The van der Waals surface area contributed by atoms with Gasteiger partial charge in [-0.05, 0) is 6.92 Å². The molecular weight excluding hydrogens is 206 g/mol. The van der Waals surface area contributed by atoms with Gasteiger partial charge >= 0.3 is 0 Å². The molecule has 0 unspecified atom stereocenters. The van der Waals surface area contributed by atoms with Crippen molar-refractivity contribution in [3.8, 4) is 0 Å². The van der Waals surface area contributed by atoms with Gasteiger partial charge in [0.1, 0.15) is 0 Å². The van der Waals surface area contributed by atoms with Gasteiger partial charge in [-0.25, -0.2) is 0 Å². The molecule has 0 amide bonds. The molecule has 0 atom stereocenters. The van der Waals surface area contributed by atoms with E-state index in [9.17, 15) is 0 Å². The average Bonchev–Trinajstić information content (AvgIpc) is 2.17. The molecule has 7 heteroatoms. The minimum atomic E-state index is -0.833. The lowest BCUT2D eigenvalue weighted by Gasteiger charge is -2.17. The molecule has 0 aliphatic heterocycles. The van der Waals surface area contributed by atoms with Crippen LogP contribution in [0.25, 0.3) is 0 Å². The molecule has 0 aromatic carbocycles. The molecule has 0 aliphatic carbocycles. The Kier molecular flexibility index (Phi) is 14.8. The Morgan fingerprint density at radius 3 is 1.73 bits per heavy atom. The Morgan fingerprint density at radius 1 is 1.20 bits per heavy atom. The number of nitrogens with zero attached hydrogens (tertiary/aromatic N) is 1. The standard InChI is InChI=1S/C6H15NO4.C2H4O2/c1-2-7(10-5-3-8)11-6-4-9;1-2(3)4/h8-9H,2-6H2,1H3;1H3,(H,3,4). The molecule has 0 aliphatic rings. The third-order valence-corrected chi connectivity index (χ3v) is 0.911. The number of aliphatic hydroxyl groups excluding tert-OH is 2. The molecular formula is C8H19NO6. The normalized spacial score (nSPS) is 9.67. The highest BCUT2D eigenvalue weighted by Crippen LogP contribution is 1.90. The van der Waals surface area contributed by atoms with E-state index in [1.165, 1.54) is 5.23 Å². The molecule has 0 radical (unpaired) electrons. The van der Waals surface area contributed by atoms with E-state index >= 15 is 0 Å². The van der Waals surface area contributed by atoms with Crippen molar-refractivity contribution in [1.29, 1.82) is 0 Å². The van der Waals surface area contributed by atoms with Gasteiger partial charge < -0.3 is 15.3 Å². The van der Waals surface area contributed by atoms with E-state index < -0.39 is 5.97 Å². The predicted octanol–water partition coefficient (Wildman–Crippen LogP) is -0.753. The van der Waals surface area contributed by atoms with Gasteiger partial charge in [-0.15, -0.1) is 0 Å². The van der Waals surface area contributed by atoms with Crippen molar-refractivity contribution in [3.63, 3.8) is 0 Å². The molecule has 0 fully saturated rings. The van der Waals surface area contributed by atoms with Crippen molar-refractivity contribution in [2.45, 2.75) is 13.8 Å². The van der Waals surface area contributed by atoms with E-state index in [1.807, 2.05) is 6.92 Å². The molecule has 92 valence electrons. The molecule has 0 saturated heterocycles. The SMILES string of the molecule is CC(=O)O.CCN(OCCO)OCCO. The van der Waals surface area contributed by atoms with Crippen molar-refractivity contribution in [2.24, 2.45) is 0 Å². The van der Waals surface area contributed by atoms with Crippen LogP contribution in [0.5, 0.6) is 0 Å². The highest BCUT2D eigenvalue weighted by atomic mass is 16.9. The van der Waals surface area contributed by atoms with Crippen LogP contribution in [0.3, 0.4) is 0 Å². The first-order chi connectivity index (χ1) is 7.08. The molecule has 0 aromatic heterocycles. The molecule has 7 nitrogen and oxygen atoms in total. The summed E-state index contributed by atoms with van der Waals surface area (Å²) in [4.78, 5) is 18.8. The summed E-state index contributed by atoms with van der Waals surface area (Å²) in [5.74, 6) is -0.833. The Balaban J connectivity index is 0. The van der Waals surface area contributed by atoms with Crippen LogP contribution in [0.15, 0.2) is 0 Å². The van der Waals surface area contributed by atoms with Gasteiger partial charge in [-0.1, -0.05) is 5.23 Å². The molecule has 3 N–H and O–H groups in total. The highest BCUT2D eigenvalue weighted by molar-refractivity contribution is 5.62. The third-order valence-electron chi connectivity index (χ3n) is 0.911. The minimum Gasteiger partial charge on any atom is -0.481 e. The second-order valence-electron chi connectivity index (χ2n) is 2.28. The van der Waals surface area contributed by atoms with E-state index in [0.29, 0.717) is 6.54 Å². The van der Waals surface area contributed by atoms with Crippen LogP contribution in [-0.2, 0) is 14.5 Å². The van der Waals surface area contributed by atoms with Crippen LogP contribution >= 0.6 is 0 Å². The summed E-state index contributed by atoms with van der Waals surface area (Å²) >= 11 is 0. The van der Waals surface area contributed by atoms with Crippen molar-refractivity contribution in [2.75, 3.05) is 33.0 Å². The second kappa shape index (κ2) is 13.3. The Bertz CT molecular complexity index is 131. The fourth-order valence-electron chi connectivity index (χ4n) is 0.505. The Morgan fingerprint density at radius 2 is 1.53 bits per heavy atom. The number of carboxylic acid groups (broad SMARTS) is 1. The van der Waals surface area contributed by atoms with Crippen LogP contribution < -0.4 is 0 Å². The van der Waals surface area contributed by atoms with E-state index in [4.69, 9.17) is 29.8 Å². The molecule has 0 aromatic rings. The van der Waals surface area contributed by atoms with E-state index in [1.54, 1.807) is 0 Å². The van der Waals surface area contributed by atoms with Crippen LogP contribution in [0, 0.1) is 0 Å². The molecule has 0 rings (SSSR count). The number of aliphatic carboxylic acids is 1. The number of aliphatic hydroxyl groups is 2. The first-order valence-corrected chi connectivity index (χ1v) is 4.53. The second-order valence-corrected chi connectivity index (χ2v) is 2.28. The van der Waals surface area contributed by atoms with Crippen molar-refractivity contribution in [1.82, 2.24) is 5.23 Å². The number of carboxylic acids is 1. The quantitative estimate of drug-likeness (QED) is 0.490. The lowest BCUT2D eigenvalue weighted by molar-refractivity contribution is -0.369. The minimum absolute atomic E-state index is 0.0427. The Hall–Kier alpha value is -0.730. The number of hydrogen-bond acceptors (Lipinski definition) is 6. The van der Waals surface area contributed by atoms with E-state index in [-0.39, 0.29) is 26.4 Å². The zero-order valence-corrected chi connectivity index (χ0v) is 9.05. The van der Waals surface area contributed by atoms with Gasteiger partial charge in [0.2, 0.25) is 0 Å². The average molecular weight is 225 g/mol. The Labute approximate surface area is 88.7 Å². The maximum Gasteiger partial charge on any atom is 0.300 e. The highest BCUT2D eigenvalue weighted by Gasteiger charge is 2.00. The maximum absolute atomic E-state index is 9.00. The molecule has 0 heterocycles. The fraction of sp³-hybridized carbons (Fsp3) is 0.875. The number of hydrogen-bond donors (Lipinski definition) is 3. The molecule has 0 saturated carbocycles. The van der Waals surface area contributed by atoms with Gasteiger partial charge in [0.25, 0.3) is 5.97 Å². The van der Waals surface area contributed by atoms with E-state index in [0.717, 1.165) is 6.92 Å². The summed E-state index contributed by atoms with van der Waals surface area (Å²) in [6.07, 6.45) is 0. The first-order valence-electron chi connectivity index (χ1n) is 4.53. The van der Waals surface area contributed by atoms with Crippen molar-refractivity contribution in [3.05, 3.63) is 0 Å². The smallest absolute Gasteiger partial charge is 0.300 e. The number of rotatable bonds is 7. The summed E-state index contributed by atoms with van der Waals surface area (Å²) in [6.45, 7) is 3.81. The fourth-order valence-corrected chi connectivity index (χ4v) is 0.505. The lowest BCUT2D eigenvalue weighted by Crippen LogP contribution is -2.26. The summed E-state index contributed by atoms with van der Waals surface area (Å²) in [7, 11) is 0. The van der Waals surface area contributed by atoms with Crippen LogP contribution in [0.1, 0.15) is 13.8 Å². The largest absolute Gasteiger partial charge is 0.481 e.